The van der Waals surface area contributed by atoms with Gasteiger partial charge in [-0.25, -0.2) is 0 Å². The zero-order valence-corrected chi connectivity index (χ0v) is 41.0. The van der Waals surface area contributed by atoms with Crippen molar-refractivity contribution in [1.82, 2.24) is 0 Å². The molecule has 0 aliphatic heterocycles. The van der Waals surface area contributed by atoms with Crippen molar-refractivity contribution in [3.63, 3.8) is 0 Å². The third kappa shape index (κ3) is 50.4. The molecular formula is C59H92O5. The van der Waals surface area contributed by atoms with Crippen LogP contribution in [-0.2, 0) is 23.8 Å². The molecule has 0 saturated carbocycles. The summed E-state index contributed by atoms with van der Waals surface area (Å²) in [6.07, 6.45) is 77.2. The molecule has 0 bridgehead atoms. The third-order valence-corrected chi connectivity index (χ3v) is 9.82. The topological polar surface area (TPSA) is 61.8 Å². The second-order valence-corrected chi connectivity index (χ2v) is 15.9. The van der Waals surface area contributed by atoms with Gasteiger partial charge in [0, 0.05) is 19.4 Å². The van der Waals surface area contributed by atoms with E-state index in [1.807, 2.05) is 0 Å². The Kier molecular flexibility index (Phi) is 49.6. The molecule has 0 aromatic rings. The molecule has 1 atom stereocenters. The first kappa shape index (κ1) is 59.8. The standard InChI is InChI=1S/C59H92O5/c1-4-7-10-13-16-19-22-25-27-29-31-33-36-39-42-45-48-51-54-62-55-57(64-59(61)53-50-47-44-41-38-34-24-21-18-15-12-9-6-3)56-63-58(60)52-49-46-43-40-37-35-32-30-28-26-23-20-17-14-11-8-5-2/h7-8,10-12,15-17,19-21,24-28,31-33,35,39-40,42-43,57H,4-6,9,13-14,18,22-23,29-30,34,36-38,41,44-56H2,1-3H3/b10-7-,11-8-,15-12-,19-16-,20-17-,24-21-,27-25-,28-26-,33-31-,35-32-,42-39-,43-40-. The lowest BCUT2D eigenvalue weighted by Gasteiger charge is -2.18. The molecule has 64 heavy (non-hydrogen) atoms. The van der Waals surface area contributed by atoms with E-state index in [2.05, 4.69) is 167 Å². The lowest BCUT2D eigenvalue weighted by Crippen LogP contribution is -2.30. The van der Waals surface area contributed by atoms with Crippen LogP contribution in [0, 0.1) is 0 Å². The van der Waals surface area contributed by atoms with Crippen LogP contribution in [0.4, 0.5) is 0 Å². The van der Waals surface area contributed by atoms with Gasteiger partial charge in [-0.05, 0) is 128 Å². The van der Waals surface area contributed by atoms with Gasteiger partial charge < -0.3 is 14.2 Å². The van der Waals surface area contributed by atoms with E-state index >= 15 is 0 Å². The zero-order chi connectivity index (χ0) is 46.3. The number of carbonyl (C=O) groups is 2. The smallest absolute Gasteiger partial charge is 0.306 e. The Labute approximate surface area is 393 Å². The number of rotatable bonds is 44. The van der Waals surface area contributed by atoms with Crippen LogP contribution in [0.1, 0.15) is 188 Å². The van der Waals surface area contributed by atoms with Gasteiger partial charge in [0.1, 0.15) is 6.61 Å². The Morgan fingerprint density at radius 1 is 0.359 bits per heavy atom. The van der Waals surface area contributed by atoms with Gasteiger partial charge in [0.15, 0.2) is 6.10 Å². The van der Waals surface area contributed by atoms with Crippen molar-refractivity contribution in [2.75, 3.05) is 19.8 Å². The van der Waals surface area contributed by atoms with Gasteiger partial charge in [-0.15, -0.1) is 0 Å². The van der Waals surface area contributed by atoms with Crippen molar-refractivity contribution in [3.05, 3.63) is 146 Å². The quantitative estimate of drug-likeness (QED) is 0.0347. The first-order valence-electron chi connectivity index (χ1n) is 25.4. The monoisotopic (exact) mass is 881 g/mol. The van der Waals surface area contributed by atoms with Crippen LogP contribution in [0.5, 0.6) is 0 Å². The van der Waals surface area contributed by atoms with Crippen LogP contribution < -0.4 is 0 Å². The fourth-order valence-electron chi connectivity index (χ4n) is 6.14. The van der Waals surface area contributed by atoms with E-state index < -0.39 is 6.10 Å². The first-order chi connectivity index (χ1) is 31.6. The summed E-state index contributed by atoms with van der Waals surface area (Å²) >= 11 is 0. The Morgan fingerprint density at radius 3 is 1.17 bits per heavy atom. The summed E-state index contributed by atoms with van der Waals surface area (Å²) in [5.41, 5.74) is 0. The summed E-state index contributed by atoms with van der Waals surface area (Å²) in [6, 6.07) is 0. The van der Waals surface area contributed by atoms with E-state index in [0.29, 0.717) is 19.4 Å². The zero-order valence-electron chi connectivity index (χ0n) is 41.0. The molecule has 1 unspecified atom stereocenters. The van der Waals surface area contributed by atoms with Gasteiger partial charge in [0.05, 0.1) is 6.61 Å². The Morgan fingerprint density at radius 2 is 0.719 bits per heavy atom. The molecule has 0 aromatic heterocycles. The number of allylic oxidation sites excluding steroid dienone is 24. The lowest BCUT2D eigenvalue weighted by atomic mass is 10.1. The molecule has 0 saturated heterocycles. The van der Waals surface area contributed by atoms with E-state index in [1.165, 1.54) is 19.3 Å². The van der Waals surface area contributed by atoms with Crippen molar-refractivity contribution >= 4 is 11.9 Å². The van der Waals surface area contributed by atoms with Gasteiger partial charge in [-0.3, -0.25) is 9.59 Å². The predicted octanol–water partition coefficient (Wildman–Crippen LogP) is 17.3. The highest BCUT2D eigenvalue weighted by atomic mass is 16.6. The van der Waals surface area contributed by atoms with Gasteiger partial charge in [-0.2, -0.15) is 0 Å². The molecule has 0 N–H and O–H groups in total. The maximum absolute atomic E-state index is 12.8. The molecule has 358 valence electrons. The minimum absolute atomic E-state index is 0.0220. The maximum atomic E-state index is 12.8. The largest absolute Gasteiger partial charge is 0.462 e. The van der Waals surface area contributed by atoms with Crippen molar-refractivity contribution in [1.29, 1.82) is 0 Å². The fraction of sp³-hybridized carbons (Fsp3) is 0.559. The average molecular weight is 881 g/mol. The van der Waals surface area contributed by atoms with Crippen LogP contribution in [0.2, 0.25) is 0 Å². The summed E-state index contributed by atoms with van der Waals surface area (Å²) in [7, 11) is 0. The van der Waals surface area contributed by atoms with E-state index in [-0.39, 0.29) is 25.2 Å². The number of hydrogen-bond donors (Lipinski definition) is 0. The molecule has 0 amide bonds. The Bertz CT molecular complexity index is 1410. The fourth-order valence-corrected chi connectivity index (χ4v) is 6.14. The van der Waals surface area contributed by atoms with Crippen molar-refractivity contribution in [2.24, 2.45) is 0 Å². The minimum Gasteiger partial charge on any atom is -0.462 e. The number of ether oxygens (including phenoxy) is 3. The molecule has 5 heteroatoms. The molecule has 0 fully saturated rings. The third-order valence-electron chi connectivity index (χ3n) is 9.82. The average Bonchev–Trinajstić information content (AvgIpc) is 3.30. The lowest BCUT2D eigenvalue weighted by molar-refractivity contribution is -0.163. The summed E-state index contributed by atoms with van der Waals surface area (Å²) < 4.78 is 17.3. The molecule has 0 spiro atoms. The van der Waals surface area contributed by atoms with Crippen molar-refractivity contribution < 1.29 is 23.8 Å². The SMILES string of the molecule is CC/C=C\C/C=C\C/C=C\C/C=C\C/C=C\CCCCOCC(COC(=O)CCC/C=C\C/C=C\C/C=C\C/C=C\C/C=C\CC)OC(=O)CCCCCCC/C=C\C/C=C\CCC. The second kappa shape index (κ2) is 53.1. The Balaban J connectivity index is 4.50. The highest BCUT2D eigenvalue weighted by molar-refractivity contribution is 5.70. The molecule has 0 heterocycles. The molecule has 0 aromatic carbocycles. The predicted molar refractivity (Wildman–Crippen MR) is 278 cm³/mol. The summed E-state index contributed by atoms with van der Waals surface area (Å²) in [4.78, 5) is 25.4. The van der Waals surface area contributed by atoms with Gasteiger partial charge in [0.2, 0.25) is 0 Å². The highest BCUT2D eigenvalue weighted by Gasteiger charge is 2.17. The molecule has 0 radical (unpaired) electrons. The number of esters is 2. The number of carbonyl (C=O) groups excluding carboxylic acids is 2. The summed E-state index contributed by atoms with van der Waals surface area (Å²) in [5, 5.41) is 0. The van der Waals surface area contributed by atoms with Crippen LogP contribution in [0.15, 0.2) is 146 Å². The summed E-state index contributed by atoms with van der Waals surface area (Å²) in [5.74, 6) is -0.520. The minimum atomic E-state index is -0.600. The molecular weight excluding hydrogens is 789 g/mol. The van der Waals surface area contributed by atoms with Gasteiger partial charge >= 0.3 is 11.9 Å². The van der Waals surface area contributed by atoms with E-state index in [0.717, 1.165) is 135 Å². The first-order valence-corrected chi connectivity index (χ1v) is 25.4. The van der Waals surface area contributed by atoms with Crippen molar-refractivity contribution in [3.8, 4) is 0 Å². The highest BCUT2D eigenvalue weighted by Crippen LogP contribution is 2.11. The van der Waals surface area contributed by atoms with E-state index in [4.69, 9.17) is 14.2 Å². The Hall–Kier alpha value is -4.22. The van der Waals surface area contributed by atoms with Crippen LogP contribution in [0.25, 0.3) is 0 Å². The summed E-state index contributed by atoms with van der Waals surface area (Å²) in [6.45, 7) is 7.33. The van der Waals surface area contributed by atoms with E-state index in [9.17, 15) is 9.59 Å². The number of unbranched alkanes of at least 4 members (excludes halogenated alkanes) is 9. The van der Waals surface area contributed by atoms with Crippen LogP contribution in [0.3, 0.4) is 0 Å². The molecule has 0 aliphatic carbocycles. The normalized spacial score (nSPS) is 13.5. The van der Waals surface area contributed by atoms with Crippen LogP contribution in [-0.4, -0.2) is 37.9 Å². The maximum Gasteiger partial charge on any atom is 0.306 e. The molecule has 0 rings (SSSR count). The molecule has 0 aliphatic rings. The number of hydrogen-bond acceptors (Lipinski definition) is 5. The second-order valence-electron chi connectivity index (χ2n) is 15.9. The van der Waals surface area contributed by atoms with Crippen molar-refractivity contribution in [2.45, 2.75) is 194 Å². The molecule has 5 nitrogen and oxygen atoms in total. The van der Waals surface area contributed by atoms with Gasteiger partial charge in [-0.1, -0.05) is 192 Å². The van der Waals surface area contributed by atoms with Gasteiger partial charge in [0.25, 0.3) is 0 Å². The van der Waals surface area contributed by atoms with Crippen LogP contribution >= 0.6 is 0 Å². The van der Waals surface area contributed by atoms with E-state index in [1.54, 1.807) is 0 Å².